The van der Waals surface area contributed by atoms with Crippen LogP contribution in [0.5, 0.6) is 0 Å². The smallest absolute Gasteiger partial charge is 0.228 e. The number of benzene rings is 1. The molecule has 170 valence electrons. The van der Waals surface area contributed by atoms with Gasteiger partial charge in [0.1, 0.15) is 11.5 Å². The first-order chi connectivity index (χ1) is 15.3. The standard InChI is InChI=1S/C22H24N2O7S/c1-15-13-18(25)22-21(30-15)17(20(31-22)16-5-3-2-4-6-16)14-19(26)23-7-12-32(27,28)24-8-10-29-11-9-24/h2-6,13H,7-12,14H2,1H3,(H,23,26). The molecule has 1 amide bonds. The highest BCUT2D eigenvalue weighted by molar-refractivity contribution is 7.89. The molecule has 0 aliphatic carbocycles. The van der Waals surface area contributed by atoms with E-state index in [9.17, 15) is 18.0 Å². The molecule has 4 rings (SSSR count). The van der Waals surface area contributed by atoms with E-state index in [1.165, 1.54) is 10.4 Å². The van der Waals surface area contributed by atoms with Gasteiger partial charge in [0.25, 0.3) is 0 Å². The van der Waals surface area contributed by atoms with Gasteiger partial charge in [0.15, 0.2) is 5.58 Å². The van der Waals surface area contributed by atoms with Crippen LogP contribution in [0.1, 0.15) is 11.3 Å². The number of aryl methyl sites for hydroxylation is 1. The summed E-state index contributed by atoms with van der Waals surface area (Å²) >= 11 is 0. The van der Waals surface area contributed by atoms with Gasteiger partial charge in [0.2, 0.25) is 26.9 Å². The van der Waals surface area contributed by atoms with Crippen LogP contribution in [0.2, 0.25) is 0 Å². The van der Waals surface area contributed by atoms with Gasteiger partial charge in [-0.15, -0.1) is 0 Å². The third kappa shape index (κ3) is 4.77. The zero-order valence-corrected chi connectivity index (χ0v) is 18.4. The molecule has 1 aliphatic rings. The Balaban J connectivity index is 1.53. The number of amides is 1. The van der Waals surface area contributed by atoms with E-state index in [0.29, 0.717) is 49.0 Å². The Morgan fingerprint density at radius 3 is 2.53 bits per heavy atom. The molecule has 1 N–H and O–H groups in total. The second kappa shape index (κ2) is 9.27. The van der Waals surface area contributed by atoms with E-state index < -0.39 is 15.9 Å². The lowest BCUT2D eigenvalue weighted by Crippen LogP contribution is -2.43. The first kappa shape index (κ1) is 22.3. The van der Waals surface area contributed by atoms with Crippen molar-refractivity contribution in [1.29, 1.82) is 0 Å². The average Bonchev–Trinajstić information content (AvgIpc) is 3.13. The van der Waals surface area contributed by atoms with Crippen molar-refractivity contribution in [2.45, 2.75) is 13.3 Å². The van der Waals surface area contributed by atoms with Crippen LogP contribution >= 0.6 is 0 Å². The molecule has 0 unspecified atom stereocenters. The monoisotopic (exact) mass is 460 g/mol. The lowest BCUT2D eigenvalue weighted by Gasteiger charge is -2.26. The summed E-state index contributed by atoms with van der Waals surface area (Å²) in [5.74, 6) is 0.181. The average molecular weight is 461 g/mol. The number of hydrogen-bond acceptors (Lipinski definition) is 7. The second-order valence-electron chi connectivity index (χ2n) is 7.51. The van der Waals surface area contributed by atoms with Crippen LogP contribution in [0.15, 0.2) is 50.0 Å². The van der Waals surface area contributed by atoms with E-state index in [4.69, 9.17) is 13.6 Å². The van der Waals surface area contributed by atoms with Gasteiger partial charge in [0, 0.05) is 31.3 Å². The lowest BCUT2D eigenvalue weighted by molar-refractivity contribution is -0.120. The highest BCUT2D eigenvalue weighted by atomic mass is 32.2. The van der Waals surface area contributed by atoms with Gasteiger partial charge in [-0.3, -0.25) is 9.59 Å². The molecular weight excluding hydrogens is 436 g/mol. The fraction of sp³-hybridized carbons (Fsp3) is 0.364. The molecule has 0 bridgehead atoms. The zero-order chi connectivity index (χ0) is 22.7. The fourth-order valence-corrected chi connectivity index (χ4v) is 4.96. The molecule has 32 heavy (non-hydrogen) atoms. The van der Waals surface area contributed by atoms with Crippen molar-refractivity contribution in [3.8, 4) is 11.3 Å². The molecule has 0 spiro atoms. The maximum atomic E-state index is 12.7. The summed E-state index contributed by atoms with van der Waals surface area (Å²) in [6.45, 7) is 2.98. The van der Waals surface area contributed by atoms with Gasteiger partial charge < -0.3 is 18.9 Å². The molecule has 0 saturated carbocycles. The molecule has 3 heterocycles. The van der Waals surface area contributed by atoms with Crippen molar-refractivity contribution in [1.82, 2.24) is 9.62 Å². The minimum absolute atomic E-state index is 0.0298. The Bertz CT molecular complexity index is 1270. The molecule has 0 radical (unpaired) electrons. The Morgan fingerprint density at radius 1 is 1.09 bits per heavy atom. The second-order valence-corrected chi connectivity index (χ2v) is 9.60. The molecule has 10 heteroatoms. The van der Waals surface area contributed by atoms with E-state index in [0.717, 1.165) is 0 Å². The number of nitrogens with one attached hydrogen (secondary N) is 1. The first-order valence-electron chi connectivity index (χ1n) is 10.3. The van der Waals surface area contributed by atoms with Crippen LogP contribution in [-0.2, 0) is 26.0 Å². The predicted molar refractivity (Wildman–Crippen MR) is 118 cm³/mol. The van der Waals surface area contributed by atoms with E-state index in [2.05, 4.69) is 5.32 Å². The molecule has 1 aliphatic heterocycles. The predicted octanol–water partition coefficient (Wildman–Crippen LogP) is 1.68. The van der Waals surface area contributed by atoms with Crippen LogP contribution in [0.4, 0.5) is 0 Å². The number of morpholine rings is 1. The van der Waals surface area contributed by atoms with Crippen LogP contribution < -0.4 is 10.7 Å². The minimum Gasteiger partial charge on any atom is -0.457 e. The number of rotatable bonds is 7. The van der Waals surface area contributed by atoms with E-state index in [-0.39, 0.29) is 35.3 Å². The fourth-order valence-electron chi connectivity index (χ4n) is 3.64. The molecular formula is C22H24N2O7S. The molecule has 3 aromatic rings. The number of carbonyl (C=O) groups is 1. The summed E-state index contributed by atoms with van der Waals surface area (Å²) < 4.78 is 42.9. The number of hydrogen-bond donors (Lipinski definition) is 1. The summed E-state index contributed by atoms with van der Waals surface area (Å²) in [5.41, 5.74) is 1.09. The first-order valence-corrected chi connectivity index (χ1v) is 11.9. The van der Waals surface area contributed by atoms with Gasteiger partial charge in [-0.25, -0.2) is 8.42 Å². The highest BCUT2D eigenvalue weighted by Gasteiger charge is 2.25. The van der Waals surface area contributed by atoms with E-state index in [1.54, 1.807) is 6.92 Å². The number of nitrogens with zero attached hydrogens (tertiary/aromatic N) is 1. The van der Waals surface area contributed by atoms with Crippen molar-refractivity contribution in [3.05, 3.63) is 57.9 Å². The number of furan rings is 1. The van der Waals surface area contributed by atoms with Crippen molar-refractivity contribution in [2.24, 2.45) is 0 Å². The molecule has 1 saturated heterocycles. The molecule has 9 nitrogen and oxygen atoms in total. The quantitative estimate of drug-likeness (QED) is 0.570. The van der Waals surface area contributed by atoms with Crippen molar-refractivity contribution >= 4 is 27.1 Å². The number of fused-ring (bicyclic) bond motifs is 1. The Kier molecular flexibility index (Phi) is 6.45. The Morgan fingerprint density at radius 2 is 1.81 bits per heavy atom. The van der Waals surface area contributed by atoms with Crippen LogP contribution in [0.25, 0.3) is 22.5 Å². The van der Waals surface area contributed by atoms with Crippen molar-refractivity contribution in [2.75, 3.05) is 38.6 Å². The van der Waals surface area contributed by atoms with Gasteiger partial charge in [-0.2, -0.15) is 4.31 Å². The van der Waals surface area contributed by atoms with Gasteiger partial charge in [0.05, 0.1) is 31.0 Å². The van der Waals surface area contributed by atoms with Crippen molar-refractivity contribution < 1.29 is 26.8 Å². The molecule has 2 aromatic heterocycles. The SMILES string of the molecule is Cc1cc(=O)c2oc(-c3ccccc3)c(CC(=O)NCCS(=O)(=O)N3CCOCC3)c2o1. The number of ether oxygens (including phenoxy) is 1. The number of sulfonamides is 1. The van der Waals surface area contributed by atoms with Crippen LogP contribution in [0, 0.1) is 6.92 Å². The van der Waals surface area contributed by atoms with Gasteiger partial charge in [-0.1, -0.05) is 30.3 Å². The normalized spacial score (nSPS) is 15.2. The topological polar surface area (TPSA) is 119 Å². The summed E-state index contributed by atoms with van der Waals surface area (Å²) in [6.07, 6.45) is -0.124. The van der Waals surface area contributed by atoms with Crippen molar-refractivity contribution in [3.63, 3.8) is 0 Å². The summed E-state index contributed by atoms with van der Waals surface area (Å²) in [7, 11) is -3.48. The molecule has 1 aromatic carbocycles. The third-order valence-corrected chi connectivity index (χ3v) is 7.07. The third-order valence-electron chi connectivity index (χ3n) is 5.20. The molecule has 1 fully saturated rings. The summed E-state index contributed by atoms with van der Waals surface area (Å²) in [5, 5.41) is 2.65. The van der Waals surface area contributed by atoms with Crippen LogP contribution in [0.3, 0.4) is 0 Å². The van der Waals surface area contributed by atoms with Gasteiger partial charge >= 0.3 is 0 Å². The van der Waals surface area contributed by atoms with Crippen LogP contribution in [-0.4, -0.2) is 57.2 Å². The summed E-state index contributed by atoms with van der Waals surface area (Å²) in [4.78, 5) is 25.0. The molecule has 0 atom stereocenters. The largest absolute Gasteiger partial charge is 0.457 e. The van der Waals surface area contributed by atoms with E-state index >= 15 is 0 Å². The maximum absolute atomic E-state index is 12.7. The Hall–Kier alpha value is -2.95. The summed E-state index contributed by atoms with van der Waals surface area (Å²) in [6, 6.07) is 10.4. The minimum atomic E-state index is -3.48. The van der Waals surface area contributed by atoms with E-state index in [1.807, 2.05) is 30.3 Å². The lowest BCUT2D eigenvalue weighted by atomic mass is 10.1. The van der Waals surface area contributed by atoms with Gasteiger partial charge in [-0.05, 0) is 6.92 Å². The maximum Gasteiger partial charge on any atom is 0.228 e. The highest BCUT2D eigenvalue weighted by Crippen LogP contribution is 2.33. The number of carbonyl (C=O) groups excluding carboxylic acids is 1. The Labute approximate surface area is 185 Å². The zero-order valence-electron chi connectivity index (χ0n) is 17.6.